The summed E-state index contributed by atoms with van der Waals surface area (Å²) in [6.45, 7) is 4.70. The SMILES string of the molecule is CCC1CN(c2ccc(CN)c(F)c2)CCO1. The van der Waals surface area contributed by atoms with Crippen LogP contribution in [-0.2, 0) is 11.3 Å². The summed E-state index contributed by atoms with van der Waals surface area (Å²) < 4.78 is 19.2. The highest BCUT2D eigenvalue weighted by Crippen LogP contribution is 2.21. The first kappa shape index (κ1) is 12.3. The van der Waals surface area contributed by atoms with Gasteiger partial charge in [0.1, 0.15) is 5.82 Å². The topological polar surface area (TPSA) is 38.5 Å². The Morgan fingerprint density at radius 3 is 3.00 bits per heavy atom. The van der Waals surface area contributed by atoms with Crippen LogP contribution in [-0.4, -0.2) is 25.8 Å². The highest BCUT2D eigenvalue weighted by atomic mass is 19.1. The number of hydrogen-bond donors (Lipinski definition) is 1. The van der Waals surface area contributed by atoms with Crippen LogP contribution >= 0.6 is 0 Å². The van der Waals surface area contributed by atoms with Crippen molar-refractivity contribution in [2.24, 2.45) is 5.73 Å². The van der Waals surface area contributed by atoms with Gasteiger partial charge in [-0.3, -0.25) is 0 Å². The second-order valence-corrected chi connectivity index (χ2v) is 4.33. The minimum Gasteiger partial charge on any atom is -0.375 e. The van der Waals surface area contributed by atoms with Gasteiger partial charge in [-0.2, -0.15) is 0 Å². The van der Waals surface area contributed by atoms with Crippen molar-refractivity contribution in [3.63, 3.8) is 0 Å². The third-order valence-corrected chi connectivity index (χ3v) is 3.22. The number of nitrogens with two attached hydrogens (primary N) is 1. The number of morpholine rings is 1. The highest BCUT2D eigenvalue weighted by molar-refractivity contribution is 5.48. The number of halogens is 1. The molecule has 1 unspecified atom stereocenters. The molecule has 1 atom stereocenters. The van der Waals surface area contributed by atoms with Gasteiger partial charge in [0.2, 0.25) is 0 Å². The van der Waals surface area contributed by atoms with E-state index in [0.29, 0.717) is 12.2 Å². The van der Waals surface area contributed by atoms with Gasteiger partial charge in [-0.15, -0.1) is 0 Å². The van der Waals surface area contributed by atoms with Crippen LogP contribution in [0.2, 0.25) is 0 Å². The number of benzene rings is 1. The summed E-state index contributed by atoms with van der Waals surface area (Å²) in [5, 5.41) is 0. The van der Waals surface area contributed by atoms with Crippen molar-refractivity contribution in [2.45, 2.75) is 26.0 Å². The van der Waals surface area contributed by atoms with Crippen LogP contribution < -0.4 is 10.6 Å². The van der Waals surface area contributed by atoms with Crippen LogP contribution in [0.25, 0.3) is 0 Å². The molecular formula is C13H19FN2O. The van der Waals surface area contributed by atoms with E-state index in [-0.39, 0.29) is 18.5 Å². The fourth-order valence-corrected chi connectivity index (χ4v) is 2.10. The lowest BCUT2D eigenvalue weighted by Gasteiger charge is -2.34. The van der Waals surface area contributed by atoms with E-state index >= 15 is 0 Å². The van der Waals surface area contributed by atoms with Crippen LogP contribution in [0.3, 0.4) is 0 Å². The predicted molar refractivity (Wildman–Crippen MR) is 66.5 cm³/mol. The Morgan fingerprint density at radius 2 is 2.35 bits per heavy atom. The first-order valence-electron chi connectivity index (χ1n) is 6.09. The normalized spacial score (nSPS) is 20.6. The van der Waals surface area contributed by atoms with Crippen molar-refractivity contribution in [1.29, 1.82) is 0 Å². The zero-order chi connectivity index (χ0) is 12.3. The molecule has 0 aromatic heterocycles. The van der Waals surface area contributed by atoms with Crippen LogP contribution in [0.5, 0.6) is 0 Å². The van der Waals surface area contributed by atoms with Crippen molar-refractivity contribution in [1.82, 2.24) is 0 Å². The predicted octanol–water partition coefficient (Wildman–Crippen LogP) is 1.90. The summed E-state index contributed by atoms with van der Waals surface area (Å²) in [5.74, 6) is -0.218. The Balaban J connectivity index is 2.13. The minimum atomic E-state index is -0.218. The zero-order valence-corrected chi connectivity index (χ0v) is 10.2. The molecule has 1 fully saturated rings. The van der Waals surface area contributed by atoms with Crippen LogP contribution in [0.15, 0.2) is 18.2 Å². The molecule has 1 heterocycles. The molecule has 0 bridgehead atoms. The fraction of sp³-hybridized carbons (Fsp3) is 0.538. The third-order valence-electron chi connectivity index (χ3n) is 3.22. The van der Waals surface area contributed by atoms with Gasteiger partial charge in [-0.05, 0) is 18.6 Å². The maximum Gasteiger partial charge on any atom is 0.129 e. The molecule has 1 aromatic carbocycles. The van der Waals surface area contributed by atoms with E-state index in [2.05, 4.69) is 11.8 Å². The summed E-state index contributed by atoms with van der Waals surface area (Å²) in [6.07, 6.45) is 1.24. The van der Waals surface area contributed by atoms with E-state index < -0.39 is 0 Å². The number of ether oxygens (including phenoxy) is 1. The molecule has 1 aromatic rings. The molecule has 4 heteroatoms. The summed E-state index contributed by atoms with van der Waals surface area (Å²) in [6, 6.07) is 5.27. The molecular weight excluding hydrogens is 219 g/mol. The Bertz CT molecular complexity index is 384. The van der Waals surface area contributed by atoms with E-state index in [9.17, 15) is 4.39 Å². The van der Waals surface area contributed by atoms with Gasteiger partial charge in [-0.1, -0.05) is 13.0 Å². The van der Waals surface area contributed by atoms with Gasteiger partial charge in [0.15, 0.2) is 0 Å². The molecule has 0 saturated carbocycles. The van der Waals surface area contributed by atoms with Crippen LogP contribution in [0.4, 0.5) is 10.1 Å². The van der Waals surface area contributed by atoms with E-state index in [1.807, 2.05) is 6.07 Å². The molecule has 0 aliphatic carbocycles. The lowest BCUT2D eigenvalue weighted by molar-refractivity contribution is 0.0384. The van der Waals surface area contributed by atoms with Crippen LogP contribution in [0.1, 0.15) is 18.9 Å². The molecule has 1 aliphatic rings. The average molecular weight is 238 g/mol. The first-order chi connectivity index (χ1) is 8.24. The second kappa shape index (κ2) is 5.47. The quantitative estimate of drug-likeness (QED) is 0.874. The molecule has 0 spiro atoms. The minimum absolute atomic E-state index is 0.218. The average Bonchev–Trinajstić information content (AvgIpc) is 2.38. The number of anilines is 1. The standard InChI is InChI=1S/C13H19FN2O/c1-2-12-9-16(5-6-17-12)11-4-3-10(8-15)13(14)7-11/h3-4,7,12H,2,5-6,8-9,15H2,1H3. The van der Waals surface area contributed by atoms with Crippen molar-refractivity contribution >= 4 is 5.69 Å². The maximum atomic E-state index is 13.6. The molecule has 0 amide bonds. The fourth-order valence-electron chi connectivity index (χ4n) is 2.10. The first-order valence-corrected chi connectivity index (χ1v) is 6.09. The Kier molecular flexibility index (Phi) is 3.97. The van der Waals surface area contributed by atoms with Gasteiger partial charge in [0.05, 0.1) is 12.7 Å². The molecule has 94 valence electrons. The number of rotatable bonds is 3. The molecule has 2 rings (SSSR count). The van der Waals surface area contributed by atoms with Gasteiger partial charge >= 0.3 is 0 Å². The van der Waals surface area contributed by atoms with Gasteiger partial charge < -0.3 is 15.4 Å². The molecule has 1 saturated heterocycles. The molecule has 1 aliphatic heterocycles. The highest BCUT2D eigenvalue weighted by Gasteiger charge is 2.19. The Labute approximate surface area is 101 Å². The van der Waals surface area contributed by atoms with Gasteiger partial charge in [-0.25, -0.2) is 4.39 Å². The summed E-state index contributed by atoms with van der Waals surface area (Å²) in [4.78, 5) is 2.17. The van der Waals surface area contributed by atoms with Crippen molar-refractivity contribution < 1.29 is 9.13 Å². The zero-order valence-electron chi connectivity index (χ0n) is 10.2. The summed E-state index contributed by atoms with van der Waals surface area (Å²) in [5.41, 5.74) is 6.93. The van der Waals surface area contributed by atoms with Crippen LogP contribution in [0, 0.1) is 5.82 Å². The molecule has 3 nitrogen and oxygen atoms in total. The Morgan fingerprint density at radius 1 is 1.53 bits per heavy atom. The molecule has 17 heavy (non-hydrogen) atoms. The number of hydrogen-bond acceptors (Lipinski definition) is 3. The largest absolute Gasteiger partial charge is 0.375 e. The van der Waals surface area contributed by atoms with E-state index in [1.54, 1.807) is 12.1 Å². The number of nitrogens with zero attached hydrogens (tertiary/aromatic N) is 1. The lowest BCUT2D eigenvalue weighted by Crippen LogP contribution is -2.42. The van der Waals surface area contributed by atoms with E-state index in [4.69, 9.17) is 10.5 Å². The summed E-state index contributed by atoms with van der Waals surface area (Å²) >= 11 is 0. The smallest absolute Gasteiger partial charge is 0.129 e. The van der Waals surface area contributed by atoms with Crippen molar-refractivity contribution in [3.8, 4) is 0 Å². The molecule has 2 N–H and O–H groups in total. The van der Waals surface area contributed by atoms with Gasteiger partial charge in [0, 0.05) is 30.9 Å². The maximum absolute atomic E-state index is 13.6. The lowest BCUT2D eigenvalue weighted by atomic mass is 10.1. The van der Waals surface area contributed by atoms with E-state index in [1.165, 1.54) is 0 Å². The second-order valence-electron chi connectivity index (χ2n) is 4.33. The van der Waals surface area contributed by atoms with E-state index in [0.717, 1.165) is 25.2 Å². The Hall–Kier alpha value is -1.13. The molecule has 0 radical (unpaired) electrons. The van der Waals surface area contributed by atoms with Gasteiger partial charge in [0.25, 0.3) is 0 Å². The summed E-state index contributed by atoms with van der Waals surface area (Å²) in [7, 11) is 0. The van der Waals surface area contributed by atoms with Crippen molar-refractivity contribution in [3.05, 3.63) is 29.6 Å². The monoisotopic (exact) mass is 238 g/mol. The third kappa shape index (κ3) is 2.76. The van der Waals surface area contributed by atoms with Crippen molar-refractivity contribution in [2.75, 3.05) is 24.6 Å².